The molecule has 220 valence electrons. The first-order valence-corrected chi connectivity index (χ1v) is 13.4. The van der Waals surface area contributed by atoms with Crippen LogP contribution in [-0.4, -0.2) is 55.2 Å². The number of rotatable bonds is 15. The van der Waals surface area contributed by atoms with E-state index in [2.05, 4.69) is 0 Å². The molecule has 11 heteroatoms. The van der Waals surface area contributed by atoms with E-state index in [1.54, 1.807) is 26.8 Å². The third-order valence-electron chi connectivity index (χ3n) is 5.62. The largest absolute Gasteiger partial charge is 0.514 e. The maximum absolute atomic E-state index is 12.5. The van der Waals surface area contributed by atoms with Gasteiger partial charge in [-0.05, 0) is 70.1 Å². The maximum Gasteiger partial charge on any atom is 0.514 e. The van der Waals surface area contributed by atoms with E-state index >= 15 is 0 Å². The Kier molecular flexibility index (Phi) is 14.9. The summed E-state index contributed by atoms with van der Waals surface area (Å²) in [7, 11) is 0. The predicted molar refractivity (Wildman–Crippen MR) is 142 cm³/mol. The minimum atomic E-state index is -1.06. The third-order valence-corrected chi connectivity index (χ3v) is 5.62. The van der Waals surface area contributed by atoms with E-state index in [4.69, 9.17) is 34.2 Å². The van der Waals surface area contributed by atoms with Crippen molar-refractivity contribution in [1.29, 1.82) is 0 Å². The Morgan fingerprint density at radius 1 is 0.795 bits per heavy atom. The van der Waals surface area contributed by atoms with Crippen LogP contribution in [0.25, 0.3) is 0 Å². The third kappa shape index (κ3) is 13.9. The van der Waals surface area contributed by atoms with Gasteiger partial charge < -0.3 is 34.2 Å². The SMILES string of the molecule is CCC(C)OC(=O)Oc1ccc(C[C@H](N)C(=O)O[C@@H](C)COC(=O)CCC(C)C)cc1OC(=O)OC(C)CC. The van der Waals surface area contributed by atoms with Gasteiger partial charge in [0.15, 0.2) is 11.5 Å². The summed E-state index contributed by atoms with van der Waals surface area (Å²) in [6.45, 7) is 12.6. The number of esters is 2. The van der Waals surface area contributed by atoms with Crippen molar-refractivity contribution in [2.45, 2.75) is 105 Å². The van der Waals surface area contributed by atoms with Gasteiger partial charge in [-0.15, -0.1) is 0 Å². The van der Waals surface area contributed by atoms with Crippen LogP contribution in [0.1, 0.15) is 79.7 Å². The topological polar surface area (TPSA) is 150 Å². The zero-order chi connectivity index (χ0) is 29.5. The van der Waals surface area contributed by atoms with Gasteiger partial charge >= 0.3 is 24.2 Å². The van der Waals surface area contributed by atoms with Crippen LogP contribution in [-0.2, 0) is 35.0 Å². The molecule has 0 amide bonds. The van der Waals surface area contributed by atoms with E-state index in [1.165, 1.54) is 12.1 Å². The molecule has 1 rings (SSSR count). The molecule has 1 aromatic carbocycles. The summed E-state index contributed by atoms with van der Waals surface area (Å²) in [5, 5.41) is 0. The van der Waals surface area contributed by atoms with Crippen molar-refractivity contribution in [3.63, 3.8) is 0 Å². The fraction of sp³-hybridized carbons (Fsp3) is 0.643. The zero-order valence-electron chi connectivity index (χ0n) is 24.0. The Bertz CT molecular complexity index is 948. The summed E-state index contributed by atoms with van der Waals surface area (Å²) < 4.78 is 31.2. The van der Waals surface area contributed by atoms with Gasteiger partial charge in [-0.2, -0.15) is 0 Å². The number of carbonyl (C=O) groups excluding carboxylic acids is 4. The lowest BCUT2D eigenvalue weighted by Gasteiger charge is -2.18. The van der Waals surface area contributed by atoms with Crippen LogP contribution >= 0.6 is 0 Å². The average Bonchev–Trinajstić information content (AvgIpc) is 2.87. The van der Waals surface area contributed by atoms with E-state index < -0.39 is 30.4 Å². The second-order valence-electron chi connectivity index (χ2n) is 9.83. The van der Waals surface area contributed by atoms with Crippen molar-refractivity contribution >= 4 is 24.2 Å². The Morgan fingerprint density at radius 2 is 1.36 bits per heavy atom. The van der Waals surface area contributed by atoms with Crippen LogP contribution in [0, 0.1) is 5.92 Å². The average molecular weight is 554 g/mol. The lowest BCUT2D eigenvalue weighted by molar-refractivity contribution is -0.159. The van der Waals surface area contributed by atoms with Crippen molar-refractivity contribution in [2.75, 3.05) is 6.61 Å². The van der Waals surface area contributed by atoms with Crippen LogP contribution in [0.5, 0.6) is 11.5 Å². The van der Waals surface area contributed by atoms with Gasteiger partial charge in [-0.1, -0.05) is 33.8 Å². The molecule has 2 N–H and O–H groups in total. The zero-order valence-corrected chi connectivity index (χ0v) is 24.0. The molecule has 11 nitrogen and oxygen atoms in total. The van der Waals surface area contributed by atoms with Crippen molar-refractivity contribution in [3.8, 4) is 11.5 Å². The smallest absolute Gasteiger partial charge is 0.462 e. The monoisotopic (exact) mass is 553 g/mol. The highest BCUT2D eigenvalue weighted by Gasteiger charge is 2.23. The highest BCUT2D eigenvalue weighted by molar-refractivity contribution is 5.76. The van der Waals surface area contributed by atoms with Gasteiger partial charge in [0.05, 0.1) is 0 Å². The number of nitrogens with two attached hydrogens (primary N) is 1. The molecule has 0 radical (unpaired) electrons. The summed E-state index contributed by atoms with van der Waals surface area (Å²) >= 11 is 0. The molecule has 0 aliphatic heterocycles. The Morgan fingerprint density at radius 3 is 1.90 bits per heavy atom. The van der Waals surface area contributed by atoms with Crippen molar-refractivity contribution in [3.05, 3.63) is 23.8 Å². The fourth-order valence-corrected chi connectivity index (χ4v) is 2.91. The van der Waals surface area contributed by atoms with E-state index in [0.29, 0.717) is 37.2 Å². The highest BCUT2D eigenvalue weighted by atomic mass is 16.7. The molecular weight excluding hydrogens is 510 g/mol. The highest BCUT2D eigenvalue weighted by Crippen LogP contribution is 2.30. The number of hydrogen-bond acceptors (Lipinski definition) is 11. The van der Waals surface area contributed by atoms with Crippen molar-refractivity contribution in [2.24, 2.45) is 11.7 Å². The molecule has 0 spiro atoms. The normalized spacial score (nSPS) is 14.0. The number of carbonyl (C=O) groups is 4. The molecule has 0 bridgehead atoms. The Labute approximate surface area is 230 Å². The molecule has 0 heterocycles. The lowest BCUT2D eigenvalue weighted by atomic mass is 10.1. The lowest BCUT2D eigenvalue weighted by Crippen LogP contribution is -2.37. The number of ether oxygens (including phenoxy) is 6. The van der Waals surface area contributed by atoms with Crippen LogP contribution < -0.4 is 15.2 Å². The summed E-state index contributed by atoms with van der Waals surface area (Å²) in [4.78, 5) is 48.7. The molecule has 0 aliphatic carbocycles. The van der Waals surface area contributed by atoms with E-state index in [-0.39, 0.29) is 42.7 Å². The maximum atomic E-state index is 12.5. The molecule has 39 heavy (non-hydrogen) atoms. The summed E-state index contributed by atoms with van der Waals surface area (Å²) in [5.74, 6) is -0.856. The minimum Gasteiger partial charge on any atom is -0.462 e. The molecule has 0 aromatic heterocycles. The Hall–Kier alpha value is -3.34. The molecule has 2 unspecified atom stereocenters. The molecule has 0 saturated heterocycles. The van der Waals surface area contributed by atoms with Crippen molar-refractivity contribution < 1.29 is 47.6 Å². The summed E-state index contributed by atoms with van der Waals surface area (Å²) in [6, 6.07) is 3.31. The van der Waals surface area contributed by atoms with Gasteiger partial charge in [0.25, 0.3) is 0 Å². The van der Waals surface area contributed by atoms with Gasteiger partial charge in [-0.25, -0.2) is 9.59 Å². The summed E-state index contributed by atoms with van der Waals surface area (Å²) in [5.41, 5.74) is 6.54. The minimum absolute atomic E-state index is 0.0219. The second kappa shape index (κ2) is 17.3. The van der Waals surface area contributed by atoms with Crippen LogP contribution in [0.2, 0.25) is 0 Å². The van der Waals surface area contributed by atoms with Gasteiger partial charge in [0, 0.05) is 6.42 Å². The first-order chi connectivity index (χ1) is 18.3. The van der Waals surface area contributed by atoms with E-state index in [1.807, 2.05) is 27.7 Å². The summed E-state index contributed by atoms with van der Waals surface area (Å²) in [6.07, 6.45) is -1.20. The second-order valence-corrected chi connectivity index (χ2v) is 9.83. The first-order valence-electron chi connectivity index (χ1n) is 13.4. The molecule has 0 aliphatic rings. The molecule has 0 saturated carbocycles. The van der Waals surface area contributed by atoms with E-state index in [9.17, 15) is 19.2 Å². The van der Waals surface area contributed by atoms with Gasteiger partial charge in [-0.3, -0.25) is 9.59 Å². The molecular formula is C28H43NO10. The molecule has 4 atom stereocenters. The number of benzene rings is 1. The van der Waals surface area contributed by atoms with E-state index in [0.717, 1.165) is 0 Å². The standard InChI is InChI=1S/C28H43NO10/c1-8-18(5)36-27(32)38-23-12-11-21(15-24(23)39-28(33)37-19(6)9-2)14-22(29)26(31)35-20(7)16-34-25(30)13-10-17(3)4/h11-12,15,17-20,22H,8-10,13-14,16,29H2,1-7H3/t18?,19?,20-,22-/m0/s1. The van der Waals surface area contributed by atoms with Crippen molar-refractivity contribution in [1.82, 2.24) is 0 Å². The van der Waals surface area contributed by atoms with Crippen LogP contribution in [0.3, 0.4) is 0 Å². The molecule has 0 fully saturated rings. The quantitative estimate of drug-likeness (QED) is 0.176. The van der Waals surface area contributed by atoms with Crippen LogP contribution in [0.4, 0.5) is 9.59 Å². The number of hydrogen-bond donors (Lipinski definition) is 1. The van der Waals surface area contributed by atoms with Crippen LogP contribution in [0.15, 0.2) is 18.2 Å². The Balaban J connectivity index is 2.86. The first kappa shape index (κ1) is 33.7. The molecule has 1 aromatic rings. The van der Waals surface area contributed by atoms with Gasteiger partial charge in [0.1, 0.15) is 31.0 Å². The predicted octanol–water partition coefficient (Wildman–Crippen LogP) is 5.10. The fourth-order valence-electron chi connectivity index (χ4n) is 2.91. The van der Waals surface area contributed by atoms with Gasteiger partial charge in [0.2, 0.25) is 0 Å².